The molecule has 0 bridgehead atoms. The summed E-state index contributed by atoms with van der Waals surface area (Å²) in [7, 11) is 0. The van der Waals surface area contributed by atoms with Crippen molar-refractivity contribution in [3.05, 3.63) is 35.9 Å². The lowest BCUT2D eigenvalue weighted by Gasteiger charge is -2.27. The normalized spacial score (nSPS) is 13.9. The largest absolute Gasteiger partial charge is 0.461 e. The predicted octanol–water partition coefficient (Wildman–Crippen LogP) is 2.42. The second kappa shape index (κ2) is 12.7. The van der Waals surface area contributed by atoms with Crippen LogP contribution in [0.15, 0.2) is 30.3 Å². The molecule has 0 aliphatic carbocycles. The second-order valence-electron chi connectivity index (χ2n) is 8.66. The molecule has 9 nitrogen and oxygen atoms in total. The molecule has 0 saturated heterocycles. The van der Waals surface area contributed by atoms with Crippen LogP contribution in [0.25, 0.3) is 0 Å². The number of nitrogens with two attached hydrogens (primary N) is 1. The van der Waals surface area contributed by atoms with Crippen LogP contribution in [0.5, 0.6) is 0 Å². The number of alkyl carbamates (subject to hydrolysis) is 1. The summed E-state index contributed by atoms with van der Waals surface area (Å²) in [4.78, 5) is 48.8. The van der Waals surface area contributed by atoms with Crippen LogP contribution in [0.3, 0.4) is 0 Å². The van der Waals surface area contributed by atoms with E-state index < -0.39 is 41.6 Å². The van der Waals surface area contributed by atoms with Gasteiger partial charge in [0.1, 0.15) is 24.3 Å². The highest BCUT2D eigenvalue weighted by Gasteiger charge is 2.31. The number of esters is 1. The molecule has 0 aliphatic heterocycles. The van der Waals surface area contributed by atoms with E-state index in [2.05, 4.69) is 10.6 Å². The van der Waals surface area contributed by atoms with Crippen LogP contribution in [-0.4, -0.2) is 41.6 Å². The van der Waals surface area contributed by atoms with Crippen molar-refractivity contribution in [2.45, 2.75) is 78.2 Å². The van der Waals surface area contributed by atoms with Crippen molar-refractivity contribution >= 4 is 23.9 Å². The van der Waals surface area contributed by atoms with Gasteiger partial charge in [-0.2, -0.15) is 0 Å². The zero-order valence-corrected chi connectivity index (χ0v) is 19.5. The van der Waals surface area contributed by atoms with E-state index >= 15 is 0 Å². The van der Waals surface area contributed by atoms with Gasteiger partial charge >= 0.3 is 12.1 Å². The van der Waals surface area contributed by atoms with Crippen LogP contribution < -0.4 is 16.4 Å². The molecule has 178 valence electrons. The summed E-state index contributed by atoms with van der Waals surface area (Å²) in [5.41, 5.74) is 5.52. The molecule has 3 atom stereocenters. The van der Waals surface area contributed by atoms with E-state index in [0.29, 0.717) is 6.42 Å². The Hall–Kier alpha value is -3.10. The van der Waals surface area contributed by atoms with Crippen molar-refractivity contribution in [2.24, 2.45) is 11.7 Å². The second-order valence-corrected chi connectivity index (χ2v) is 8.66. The quantitative estimate of drug-likeness (QED) is 0.444. The van der Waals surface area contributed by atoms with Crippen molar-refractivity contribution in [3.63, 3.8) is 0 Å². The lowest BCUT2D eigenvalue weighted by Crippen LogP contribution is -2.55. The summed E-state index contributed by atoms with van der Waals surface area (Å²) in [6, 6.07) is 7.16. The van der Waals surface area contributed by atoms with E-state index in [4.69, 9.17) is 15.2 Å². The Labute approximate surface area is 189 Å². The molecular formula is C23H35N3O6. The van der Waals surface area contributed by atoms with E-state index in [0.717, 1.165) is 5.56 Å². The summed E-state index contributed by atoms with van der Waals surface area (Å²) < 4.78 is 10.4. The topological polar surface area (TPSA) is 137 Å². The first-order chi connectivity index (χ1) is 14.9. The Kier molecular flexibility index (Phi) is 10.7. The number of benzene rings is 1. The summed E-state index contributed by atoms with van der Waals surface area (Å²) in [5, 5.41) is 5.09. The molecule has 1 aromatic carbocycles. The van der Waals surface area contributed by atoms with Crippen LogP contribution in [0, 0.1) is 5.92 Å². The maximum atomic E-state index is 12.8. The molecule has 0 unspecified atom stereocenters. The van der Waals surface area contributed by atoms with Crippen molar-refractivity contribution < 1.29 is 28.7 Å². The van der Waals surface area contributed by atoms with E-state index in [1.807, 2.05) is 37.3 Å². The average molecular weight is 450 g/mol. The van der Waals surface area contributed by atoms with Crippen LogP contribution >= 0.6 is 0 Å². The standard InChI is InChI=1S/C23H35N3O6/c1-6-15(2)19(26-22(30)32-23(3,4)5)21(29)25-17(20(24)28)12-13-18(27)31-14-16-10-8-7-9-11-16/h7-11,15,17,19H,6,12-14H2,1-5H3,(H2,24,28)(H,25,29)(H,26,30)/t15-,17+,19+/m0/s1. The smallest absolute Gasteiger partial charge is 0.408 e. The third kappa shape index (κ3) is 10.3. The number of carbonyl (C=O) groups excluding carboxylic acids is 4. The Balaban J connectivity index is 2.67. The molecule has 9 heteroatoms. The van der Waals surface area contributed by atoms with E-state index in [9.17, 15) is 19.2 Å². The number of rotatable bonds is 11. The Morgan fingerprint density at radius 3 is 2.22 bits per heavy atom. The maximum Gasteiger partial charge on any atom is 0.408 e. The summed E-state index contributed by atoms with van der Waals surface area (Å²) in [6.45, 7) is 8.92. The Morgan fingerprint density at radius 2 is 1.69 bits per heavy atom. The fourth-order valence-electron chi connectivity index (χ4n) is 2.76. The van der Waals surface area contributed by atoms with E-state index in [1.165, 1.54) is 0 Å². The number of ether oxygens (including phenoxy) is 2. The van der Waals surface area contributed by atoms with E-state index in [-0.39, 0.29) is 25.4 Å². The highest BCUT2D eigenvalue weighted by Crippen LogP contribution is 2.12. The zero-order chi connectivity index (χ0) is 24.3. The van der Waals surface area contributed by atoms with Gasteiger partial charge in [-0.05, 0) is 38.7 Å². The first kappa shape index (κ1) is 26.9. The number of carbonyl (C=O) groups is 4. The van der Waals surface area contributed by atoms with E-state index in [1.54, 1.807) is 27.7 Å². The minimum atomic E-state index is -1.08. The van der Waals surface area contributed by atoms with Gasteiger partial charge in [0.15, 0.2) is 0 Å². The molecule has 1 aromatic rings. The highest BCUT2D eigenvalue weighted by molar-refractivity contribution is 5.91. The van der Waals surface area contributed by atoms with Gasteiger partial charge in [0.05, 0.1) is 0 Å². The number of nitrogens with one attached hydrogen (secondary N) is 2. The summed E-state index contributed by atoms with van der Waals surface area (Å²) in [5.74, 6) is -2.10. The molecule has 0 aliphatic rings. The van der Waals surface area contributed by atoms with Gasteiger partial charge in [0, 0.05) is 6.42 Å². The molecule has 4 N–H and O–H groups in total. The molecule has 32 heavy (non-hydrogen) atoms. The average Bonchev–Trinajstić information content (AvgIpc) is 2.71. The number of primary amides is 1. The lowest BCUT2D eigenvalue weighted by molar-refractivity contribution is -0.145. The molecule has 0 saturated carbocycles. The predicted molar refractivity (Wildman–Crippen MR) is 119 cm³/mol. The van der Waals surface area contributed by atoms with Gasteiger partial charge in [-0.1, -0.05) is 50.6 Å². The summed E-state index contributed by atoms with van der Waals surface area (Å²) >= 11 is 0. The summed E-state index contributed by atoms with van der Waals surface area (Å²) in [6.07, 6.45) is -0.262. The van der Waals surface area contributed by atoms with Gasteiger partial charge in [-0.25, -0.2) is 4.79 Å². The van der Waals surface area contributed by atoms with Gasteiger partial charge in [-0.3, -0.25) is 14.4 Å². The minimum absolute atomic E-state index is 0.0195. The van der Waals surface area contributed by atoms with Crippen molar-refractivity contribution in [1.82, 2.24) is 10.6 Å². The molecule has 0 spiro atoms. The highest BCUT2D eigenvalue weighted by atomic mass is 16.6. The maximum absolute atomic E-state index is 12.8. The fraction of sp³-hybridized carbons (Fsp3) is 0.565. The zero-order valence-electron chi connectivity index (χ0n) is 19.5. The Bertz CT molecular complexity index is 776. The number of hydrogen-bond acceptors (Lipinski definition) is 6. The fourth-order valence-corrected chi connectivity index (χ4v) is 2.76. The van der Waals surface area contributed by atoms with Crippen molar-refractivity contribution in [1.29, 1.82) is 0 Å². The number of amides is 3. The van der Waals surface area contributed by atoms with Crippen molar-refractivity contribution in [3.8, 4) is 0 Å². The molecular weight excluding hydrogens is 414 g/mol. The lowest BCUT2D eigenvalue weighted by atomic mass is 9.98. The van der Waals surface area contributed by atoms with Crippen molar-refractivity contribution in [2.75, 3.05) is 0 Å². The third-order valence-electron chi connectivity index (χ3n) is 4.71. The third-order valence-corrected chi connectivity index (χ3v) is 4.71. The molecule has 1 rings (SSSR count). The first-order valence-electron chi connectivity index (χ1n) is 10.7. The Morgan fingerprint density at radius 1 is 1.06 bits per heavy atom. The van der Waals surface area contributed by atoms with Gasteiger partial charge in [-0.15, -0.1) is 0 Å². The van der Waals surface area contributed by atoms with Crippen LogP contribution in [0.4, 0.5) is 4.79 Å². The monoisotopic (exact) mass is 449 g/mol. The van der Waals surface area contributed by atoms with Gasteiger partial charge < -0.3 is 25.8 Å². The molecule has 0 heterocycles. The molecule has 0 aromatic heterocycles. The first-order valence-corrected chi connectivity index (χ1v) is 10.7. The number of hydrogen-bond donors (Lipinski definition) is 3. The molecule has 0 radical (unpaired) electrons. The van der Waals surface area contributed by atoms with Gasteiger partial charge in [0.2, 0.25) is 11.8 Å². The van der Waals surface area contributed by atoms with Crippen LogP contribution in [-0.2, 0) is 30.5 Å². The van der Waals surface area contributed by atoms with Gasteiger partial charge in [0.25, 0.3) is 0 Å². The minimum Gasteiger partial charge on any atom is -0.461 e. The SMILES string of the molecule is CC[C@H](C)[C@@H](NC(=O)OC(C)(C)C)C(=O)N[C@H](CCC(=O)OCc1ccccc1)C(N)=O. The molecule has 3 amide bonds. The van der Waals surface area contributed by atoms with Crippen LogP contribution in [0.1, 0.15) is 59.4 Å². The van der Waals surface area contributed by atoms with Crippen LogP contribution in [0.2, 0.25) is 0 Å². The molecule has 0 fully saturated rings.